The molecule has 2 aliphatic rings. The van der Waals surface area contributed by atoms with Crippen LogP contribution >= 0.6 is 0 Å². The van der Waals surface area contributed by atoms with E-state index >= 15 is 0 Å². The summed E-state index contributed by atoms with van der Waals surface area (Å²) in [5.41, 5.74) is 1.49. The van der Waals surface area contributed by atoms with Crippen LogP contribution in [0, 0.1) is 0 Å². The Morgan fingerprint density at radius 3 is 2.16 bits per heavy atom. The largest absolute Gasteiger partial charge is 0.463 e. The number of aromatic nitrogens is 1. The van der Waals surface area contributed by atoms with E-state index in [0.717, 1.165) is 31.7 Å². The van der Waals surface area contributed by atoms with Crippen molar-refractivity contribution in [2.45, 2.75) is 64.8 Å². The number of nitrogens with zero attached hydrogens (tertiary/aromatic N) is 1. The fraction of sp³-hybridized carbons (Fsp3) is 0.480. The van der Waals surface area contributed by atoms with Crippen LogP contribution in [0.1, 0.15) is 50.0 Å². The summed E-state index contributed by atoms with van der Waals surface area (Å²) in [5.74, 6) is -3.44. The highest BCUT2D eigenvalue weighted by Gasteiger charge is 2.54. The van der Waals surface area contributed by atoms with Crippen molar-refractivity contribution in [1.82, 2.24) is 4.57 Å². The van der Waals surface area contributed by atoms with Crippen molar-refractivity contribution < 1.29 is 52.4 Å². The molecule has 0 bridgehead atoms. The quantitative estimate of drug-likeness (QED) is 0.407. The molecule has 2 aromatic rings. The average Bonchev–Trinajstić information content (AvgIpc) is 3.15. The van der Waals surface area contributed by atoms with Gasteiger partial charge in [-0.3, -0.25) is 19.2 Å². The Morgan fingerprint density at radius 2 is 1.51 bits per heavy atom. The summed E-state index contributed by atoms with van der Waals surface area (Å²) < 4.78 is 34.8. The maximum atomic E-state index is 13.0. The molecule has 0 saturated carbocycles. The number of ether oxygens (including phenoxy) is 6. The van der Waals surface area contributed by atoms with Crippen molar-refractivity contribution in [3.63, 3.8) is 0 Å². The zero-order valence-corrected chi connectivity index (χ0v) is 20.8. The Bertz CT molecular complexity index is 1250. The summed E-state index contributed by atoms with van der Waals surface area (Å²) >= 11 is 0. The number of fused-ring (bicyclic) bond motifs is 3. The number of rotatable bonds is 6. The minimum Gasteiger partial charge on any atom is -0.463 e. The predicted molar refractivity (Wildman–Crippen MR) is 123 cm³/mol. The van der Waals surface area contributed by atoms with Gasteiger partial charge in [0.25, 0.3) is 0 Å². The highest BCUT2D eigenvalue weighted by molar-refractivity contribution is 6.00. The van der Waals surface area contributed by atoms with Gasteiger partial charge in [0.2, 0.25) is 0 Å². The normalized spacial score (nSPS) is 25.0. The van der Waals surface area contributed by atoms with E-state index in [4.69, 9.17) is 28.4 Å². The SMILES string of the molecule is CC(=O)OC[C@H]1O[C@@H](n2c3c(c4ccccc42)CCOC3=O)[C@H](OC(C)=O)[C@@H](OC(C)=O)[C@@H]1OC(C)=O. The van der Waals surface area contributed by atoms with E-state index in [2.05, 4.69) is 0 Å². The first-order chi connectivity index (χ1) is 17.6. The molecule has 12 heteroatoms. The zero-order chi connectivity index (χ0) is 26.9. The highest BCUT2D eigenvalue weighted by atomic mass is 16.7. The number of para-hydroxylation sites is 1. The standard InChI is InChI=1S/C25H27NO11/c1-12(27)33-11-19-21(34-13(2)28)22(35-14(3)29)23(36-15(4)30)24(37-19)26-18-8-6-5-7-16(18)17-9-10-32-25(31)20(17)26/h5-8,19,21-24H,9-11H2,1-4H3/t19-,21-,22+,23-,24-/m1/s1. The van der Waals surface area contributed by atoms with Crippen molar-refractivity contribution in [2.75, 3.05) is 13.2 Å². The fourth-order valence-corrected chi connectivity index (χ4v) is 4.80. The van der Waals surface area contributed by atoms with E-state index in [9.17, 15) is 24.0 Å². The molecule has 0 amide bonds. The van der Waals surface area contributed by atoms with Crippen molar-refractivity contribution in [3.8, 4) is 0 Å². The summed E-state index contributed by atoms with van der Waals surface area (Å²) in [5, 5.41) is 0.766. The summed E-state index contributed by atoms with van der Waals surface area (Å²) in [6.45, 7) is 4.46. The molecule has 4 rings (SSSR count). The van der Waals surface area contributed by atoms with Gasteiger partial charge in [-0.2, -0.15) is 0 Å². The average molecular weight is 517 g/mol. The number of esters is 5. The van der Waals surface area contributed by atoms with E-state index in [0.29, 0.717) is 11.9 Å². The Hall–Kier alpha value is -3.93. The summed E-state index contributed by atoms with van der Waals surface area (Å²) in [7, 11) is 0. The molecule has 5 atom stereocenters. The van der Waals surface area contributed by atoms with Crippen molar-refractivity contribution in [2.24, 2.45) is 0 Å². The zero-order valence-electron chi connectivity index (χ0n) is 20.8. The molecular formula is C25H27NO11. The molecule has 0 N–H and O–H groups in total. The molecule has 0 aliphatic carbocycles. The number of carbonyl (C=O) groups excluding carboxylic acids is 5. The molecule has 1 saturated heterocycles. The second-order valence-electron chi connectivity index (χ2n) is 8.69. The number of cyclic esters (lactones) is 1. The third-order valence-electron chi connectivity index (χ3n) is 6.01. The highest BCUT2D eigenvalue weighted by Crippen LogP contribution is 2.40. The van der Waals surface area contributed by atoms with Gasteiger partial charge in [0, 0.05) is 39.5 Å². The topological polar surface area (TPSA) is 146 Å². The van der Waals surface area contributed by atoms with E-state index in [-0.39, 0.29) is 18.9 Å². The lowest BCUT2D eigenvalue weighted by Crippen LogP contribution is -2.60. The number of carbonyl (C=O) groups is 5. The van der Waals surface area contributed by atoms with Gasteiger partial charge < -0.3 is 33.0 Å². The van der Waals surface area contributed by atoms with Crippen LogP contribution in [0.3, 0.4) is 0 Å². The van der Waals surface area contributed by atoms with Crippen LogP contribution in [-0.4, -0.2) is 72.0 Å². The lowest BCUT2D eigenvalue weighted by Gasteiger charge is -2.45. The second-order valence-corrected chi connectivity index (χ2v) is 8.69. The molecule has 12 nitrogen and oxygen atoms in total. The maximum absolute atomic E-state index is 13.0. The molecule has 2 aliphatic heterocycles. The maximum Gasteiger partial charge on any atom is 0.355 e. The molecule has 0 radical (unpaired) electrons. The number of hydrogen-bond acceptors (Lipinski definition) is 11. The molecule has 1 fully saturated rings. The summed E-state index contributed by atoms with van der Waals surface area (Å²) in [4.78, 5) is 60.9. The Kier molecular flexibility index (Phi) is 7.48. The first-order valence-electron chi connectivity index (χ1n) is 11.7. The minimum absolute atomic E-state index is 0.188. The molecule has 37 heavy (non-hydrogen) atoms. The number of hydrogen-bond donors (Lipinski definition) is 0. The van der Waals surface area contributed by atoms with Crippen molar-refractivity contribution >= 4 is 40.7 Å². The van der Waals surface area contributed by atoms with Gasteiger partial charge in [0.1, 0.15) is 18.4 Å². The van der Waals surface area contributed by atoms with Crippen LogP contribution < -0.4 is 0 Å². The Labute approximate surface area is 211 Å². The summed E-state index contributed by atoms with van der Waals surface area (Å²) in [6, 6.07) is 7.19. The molecule has 0 spiro atoms. The van der Waals surface area contributed by atoms with Crippen molar-refractivity contribution in [3.05, 3.63) is 35.5 Å². The van der Waals surface area contributed by atoms with Gasteiger partial charge in [-0.25, -0.2) is 4.79 Å². The van der Waals surface area contributed by atoms with E-state index < -0.39 is 60.5 Å². The van der Waals surface area contributed by atoms with Gasteiger partial charge >= 0.3 is 29.8 Å². The third kappa shape index (κ3) is 5.29. The van der Waals surface area contributed by atoms with Gasteiger partial charge in [-0.05, 0) is 11.6 Å². The molecule has 198 valence electrons. The summed E-state index contributed by atoms with van der Waals surface area (Å²) in [6.07, 6.45) is -5.97. The van der Waals surface area contributed by atoms with Crippen LogP contribution in [0.15, 0.2) is 24.3 Å². The lowest BCUT2D eigenvalue weighted by molar-refractivity contribution is -0.267. The first-order valence-corrected chi connectivity index (χ1v) is 11.7. The number of benzene rings is 1. The van der Waals surface area contributed by atoms with Crippen molar-refractivity contribution in [1.29, 1.82) is 0 Å². The van der Waals surface area contributed by atoms with Crippen LogP contribution in [0.4, 0.5) is 0 Å². The predicted octanol–water partition coefficient (Wildman–Crippen LogP) is 1.61. The van der Waals surface area contributed by atoms with E-state index in [1.165, 1.54) is 11.5 Å². The third-order valence-corrected chi connectivity index (χ3v) is 6.01. The molecule has 1 aromatic carbocycles. The lowest BCUT2D eigenvalue weighted by atomic mass is 9.96. The minimum atomic E-state index is -1.36. The molecule has 0 unspecified atom stereocenters. The fourth-order valence-electron chi connectivity index (χ4n) is 4.80. The Morgan fingerprint density at radius 1 is 0.892 bits per heavy atom. The van der Waals surface area contributed by atoms with Gasteiger partial charge in [-0.15, -0.1) is 0 Å². The van der Waals surface area contributed by atoms with Gasteiger partial charge in [0.05, 0.1) is 12.1 Å². The second kappa shape index (κ2) is 10.6. The molecule has 3 heterocycles. The van der Waals surface area contributed by atoms with E-state index in [1.54, 1.807) is 12.1 Å². The first kappa shape index (κ1) is 26.1. The molecular weight excluding hydrogens is 490 g/mol. The monoisotopic (exact) mass is 517 g/mol. The molecule has 1 aromatic heterocycles. The smallest absolute Gasteiger partial charge is 0.355 e. The van der Waals surface area contributed by atoms with Crippen LogP contribution in [-0.2, 0) is 54.0 Å². The van der Waals surface area contributed by atoms with Crippen LogP contribution in [0.2, 0.25) is 0 Å². The van der Waals surface area contributed by atoms with Crippen LogP contribution in [0.25, 0.3) is 10.9 Å². The van der Waals surface area contributed by atoms with Crippen LogP contribution in [0.5, 0.6) is 0 Å². The van der Waals surface area contributed by atoms with Gasteiger partial charge in [0.15, 0.2) is 24.5 Å². The Balaban J connectivity index is 1.93. The van der Waals surface area contributed by atoms with Gasteiger partial charge in [-0.1, -0.05) is 18.2 Å². The van der Waals surface area contributed by atoms with E-state index in [1.807, 2.05) is 12.1 Å².